The van der Waals surface area contributed by atoms with Gasteiger partial charge in [-0.1, -0.05) is 50.2 Å². The third kappa shape index (κ3) is 7.15. The minimum atomic E-state index is -4.45. The van der Waals surface area contributed by atoms with Crippen molar-refractivity contribution in [2.75, 3.05) is 32.7 Å². The molecule has 50 heavy (non-hydrogen) atoms. The molecule has 2 fully saturated rings. The molecule has 16 nitrogen and oxygen atoms in total. The van der Waals surface area contributed by atoms with E-state index in [4.69, 9.17) is 33.7 Å². The average Bonchev–Trinajstić information content (AvgIpc) is 3.52. The first-order chi connectivity index (χ1) is 23.8. The number of carbonyl (C=O) groups is 1. The van der Waals surface area contributed by atoms with Gasteiger partial charge in [-0.15, -0.1) is 0 Å². The Hall–Kier alpha value is -3.89. The van der Waals surface area contributed by atoms with Gasteiger partial charge in [0.25, 0.3) is 0 Å². The Bertz CT molecular complexity index is 1890. The number of methoxy groups -OCH3 is 1. The SMILES string of the molecule is COc1nc(N)nc2c1nc(C)n2C1OC(COP(=O)(NC(C(=O)OC2CCOCC2)C(C)C)Oc2cccc3ccccc23)C(O)C1(C)O. The van der Waals surface area contributed by atoms with E-state index >= 15 is 0 Å². The Balaban J connectivity index is 1.29. The zero-order valence-corrected chi connectivity index (χ0v) is 29.4. The van der Waals surface area contributed by atoms with Crippen molar-refractivity contribution in [1.29, 1.82) is 0 Å². The number of nitrogen functional groups attached to an aromatic ring is 1. The van der Waals surface area contributed by atoms with Gasteiger partial charge in [-0.25, -0.2) is 9.55 Å². The predicted octanol–water partition coefficient (Wildman–Crippen LogP) is 3.43. The van der Waals surface area contributed by atoms with E-state index in [0.717, 1.165) is 5.39 Å². The molecule has 5 N–H and O–H groups in total. The Morgan fingerprint density at radius 3 is 2.60 bits per heavy atom. The summed E-state index contributed by atoms with van der Waals surface area (Å²) in [7, 11) is -3.04. The Kier molecular flexibility index (Phi) is 10.3. The molecule has 2 aromatic carbocycles. The number of aromatic nitrogens is 4. The van der Waals surface area contributed by atoms with Crippen LogP contribution in [0.3, 0.4) is 0 Å². The lowest BCUT2D eigenvalue weighted by Crippen LogP contribution is -2.45. The van der Waals surface area contributed by atoms with Crippen LogP contribution in [0.1, 0.15) is 45.7 Å². The molecular weight excluding hydrogens is 671 g/mol. The van der Waals surface area contributed by atoms with Crippen LogP contribution in [0.25, 0.3) is 21.9 Å². The van der Waals surface area contributed by atoms with E-state index in [-0.39, 0.29) is 34.8 Å². The number of nitrogens with two attached hydrogens (primary N) is 1. The van der Waals surface area contributed by atoms with Crippen molar-refractivity contribution < 1.29 is 47.6 Å². The fraction of sp³-hybridized carbons (Fsp3) is 0.515. The lowest BCUT2D eigenvalue weighted by atomic mass is 9.96. The molecule has 0 spiro atoms. The number of imidazole rings is 1. The van der Waals surface area contributed by atoms with Crippen molar-refractivity contribution in [2.24, 2.45) is 5.92 Å². The van der Waals surface area contributed by atoms with E-state index < -0.39 is 56.3 Å². The van der Waals surface area contributed by atoms with Crippen LogP contribution in [-0.4, -0.2) is 92.6 Å². The van der Waals surface area contributed by atoms with Gasteiger partial charge in [0.05, 0.1) is 26.9 Å². The first-order valence-electron chi connectivity index (χ1n) is 16.4. The molecule has 0 saturated carbocycles. The fourth-order valence-electron chi connectivity index (χ4n) is 6.19. The van der Waals surface area contributed by atoms with Crippen molar-refractivity contribution >= 4 is 41.6 Å². The van der Waals surface area contributed by atoms with Crippen LogP contribution in [0.2, 0.25) is 0 Å². The minimum Gasteiger partial charge on any atom is -0.479 e. The van der Waals surface area contributed by atoms with Gasteiger partial charge in [-0.2, -0.15) is 15.1 Å². The average molecular weight is 715 g/mol. The standard InChI is InChI=1S/C33H43N6O10P/c1-18(2)25(30(41)47-21-13-15-45-16-14-21)38-50(43,49-23-12-8-10-20-9-6-7-11-22(20)23)46-17-24-27(40)33(4,42)31(48-24)39-19(3)35-26-28(39)36-32(34)37-29(26)44-5/h6-12,18,21,24-25,27,31,40,42H,13-17H2,1-5H3,(H,38,43)(H2,34,36,37). The summed E-state index contributed by atoms with van der Waals surface area (Å²) in [6, 6.07) is 11.5. The number of hydrogen-bond acceptors (Lipinski definition) is 14. The number of fused-ring (bicyclic) bond motifs is 2. The predicted molar refractivity (Wildman–Crippen MR) is 181 cm³/mol. The largest absolute Gasteiger partial charge is 0.479 e. The maximum atomic E-state index is 14.8. The number of benzene rings is 2. The second kappa shape index (κ2) is 14.4. The Morgan fingerprint density at radius 2 is 1.88 bits per heavy atom. The highest BCUT2D eigenvalue weighted by molar-refractivity contribution is 7.52. The van der Waals surface area contributed by atoms with Gasteiger partial charge >= 0.3 is 13.7 Å². The first-order valence-corrected chi connectivity index (χ1v) is 18.0. The lowest BCUT2D eigenvalue weighted by molar-refractivity contribution is -0.156. The van der Waals surface area contributed by atoms with Gasteiger partial charge < -0.3 is 39.4 Å². The van der Waals surface area contributed by atoms with Crippen molar-refractivity contribution in [1.82, 2.24) is 24.6 Å². The van der Waals surface area contributed by atoms with E-state index in [1.807, 2.05) is 30.3 Å². The monoisotopic (exact) mass is 714 g/mol. The summed E-state index contributed by atoms with van der Waals surface area (Å²) in [6.07, 6.45) is -3.26. The summed E-state index contributed by atoms with van der Waals surface area (Å²) in [4.78, 5) is 26.3. The van der Waals surface area contributed by atoms with Crippen LogP contribution in [-0.2, 0) is 28.1 Å². The first kappa shape index (κ1) is 35.9. The van der Waals surface area contributed by atoms with Crippen LogP contribution >= 0.6 is 7.75 Å². The molecular formula is C33H43N6O10P. The normalized spacial score (nSPS) is 24.8. The second-order valence-corrected chi connectivity index (χ2v) is 14.6. The van der Waals surface area contributed by atoms with Crippen LogP contribution in [0, 0.1) is 12.8 Å². The van der Waals surface area contributed by atoms with E-state index in [2.05, 4.69) is 20.0 Å². The van der Waals surface area contributed by atoms with Crippen molar-refractivity contribution in [3.05, 3.63) is 48.3 Å². The molecule has 2 aliphatic rings. The summed E-state index contributed by atoms with van der Waals surface area (Å²) in [5.74, 6) is -0.369. The number of rotatable bonds is 12. The van der Waals surface area contributed by atoms with Gasteiger partial charge in [0.1, 0.15) is 41.5 Å². The van der Waals surface area contributed by atoms with Gasteiger partial charge in [-0.05, 0) is 31.2 Å². The molecule has 6 atom stereocenters. The zero-order chi connectivity index (χ0) is 35.8. The van der Waals surface area contributed by atoms with E-state index in [0.29, 0.717) is 37.3 Å². The van der Waals surface area contributed by atoms with Gasteiger partial charge in [0.2, 0.25) is 11.8 Å². The molecule has 0 radical (unpaired) electrons. The lowest BCUT2D eigenvalue weighted by Gasteiger charge is -2.30. The molecule has 2 aliphatic heterocycles. The molecule has 17 heteroatoms. The van der Waals surface area contributed by atoms with Crippen molar-refractivity contribution in [2.45, 2.75) is 76.7 Å². The maximum Gasteiger partial charge on any atom is 0.459 e. The van der Waals surface area contributed by atoms with Crippen LogP contribution in [0.4, 0.5) is 5.95 Å². The van der Waals surface area contributed by atoms with Gasteiger partial charge in [-0.3, -0.25) is 13.9 Å². The molecule has 0 amide bonds. The number of hydrogen-bond donors (Lipinski definition) is 4. The summed E-state index contributed by atoms with van der Waals surface area (Å²) >= 11 is 0. The summed E-state index contributed by atoms with van der Waals surface area (Å²) in [6.45, 7) is 7.03. The quantitative estimate of drug-likeness (QED) is 0.122. The zero-order valence-electron chi connectivity index (χ0n) is 28.5. The summed E-state index contributed by atoms with van der Waals surface area (Å²) < 4.78 is 51.1. The smallest absolute Gasteiger partial charge is 0.459 e. The number of aliphatic hydroxyl groups is 2. The molecule has 6 rings (SSSR count). The number of nitrogens with zero attached hydrogens (tertiary/aromatic N) is 4. The number of carbonyl (C=O) groups excluding carboxylic acids is 1. The highest BCUT2D eigenvalue weighted by Crippen LogP contribution is 2.49. The Labute approximate surface area is 288 Å². The number of aryl methyl sites for hydroxylation is 1. The summed E-state index contributed by atoms with van der Waals surface area (Å²) in [5.41, 5.74) is 4.49. The van der Waals surface area contributed by atoms with Crippen molar-refractivity contribution in [3.63, 3.8) is 0 Å². The number of nitrogens with one attached hydrogen (secondary N) is 1. The molecule has 0 aliphatic carbocycles. The topological polar surface area (TPSA) is 212 Å². The highest BCUT2D eigenvalue weighted by atomic mass is 31.2. The van der Waals surface area contributed by atoms with Crippen LogP contribution < -0.4 is 20.1 Å². The molecule has 6 unspecified atom stereocenters. The molecule has 4 heterocycles. The van der Waals surface area contributed by atoms with Gasteiger partial charge in [0, 0.05) is 18.2 Å². The Morgan fingerprint density at radius 1 is 1.16 bits per heavy atom. The number of esters is 1. The second-order valence-electron chi connectivity index (χ2n) is 13.0. The number of ether oxygens (including phenoxy) is 4. The third-order valence-corrected chi connectivity index (χ3v) is 10.5. The maximum absolute atomic E-state index is 14.8. The molecule has 0 bridgehead atoms. The fourth-order valence-corrected chi connectivity index (χ4v) is 7.88. The number of anilines is 1. The van der Waals surface area contributed by atoms with Crippen molar-refractivity contribution in [3.8, 4) is 11.6 Å². The van der Waals surface area contributed by atoms with Crippen LogP contribution in [0.15, 0.2) is 42.5 Å². The molecule has 2 aromatic heterocycles. The van der Waals surface area contributed by atoms with E-state index in [1.54, 1.807) is 32.9 Å². The molecule has 4 aromatic rings. The third-order valence-electron chi connectivity index (χ3n) is 8.93. The van der Waals surface area contributed by atoms with E-state index in [9.17, 15) is 19.6 Å². The molecule has 270 valence electrons. The van der Waals surface area contributed by atoms with Gasteiger partial charge in [0.15, 0.2) is 17.4 Å². The minimum absolute atomic E-state index is 0.0961. The number of aliphatic hydroxyl groups excluding tert-OH is 1. The summed E-state index contributed by atoms with van der Waals surface area (Å²) in [5, 5.41) is 27.3. The highest BCUT2D eigenvalue weighted by Gasteiger charge is 2.55. The van der Waals surface area contributed by atoms with E-state index in [1.165, 1.54) is 18.6 Å². The molecule has 2 saturated heterocycles. The van der Waals surface area contributed by atoms with Crippen LogP contribution in [0.5, 0.6) is 11.6 Å².